The van der Waals surface area contributed by atoms with Crippen LogP contribution in [0.15, 0.2) is 47.2 Å². The average molecular weight is 526 g/mol. The molecule has 0 amide bonds. The third-order valence-corrected chi connectivity index (χ3v) is 10.8. The first-order valence-electron chi connectivity index (χ1n) is 12.3. The van der Waals surface area contributed by atoms with Gasteiger partial charge in [-0.15, -0.1) is 0 Å². The molecule has 2 aliphatic rings. The van der Waals surface area contributed by atoms with E-state index in [-0.39, 0.29) is 6.42 Å². The van der Waals surface area contributed by atoms with Crippen LogP contribution in [0, 0.1) is 17.5 Å². The van der Waals surface area contributed by atoms with Gasteiger partial charge >= 0.3 is 5.97 Å². The largest absolute Gasteiger partial charge is 0.478 e. The van der Waals surface area contributed by atoms with E-state index in [2.05, 4.69) is 25.2 Å². The molecule has 4 nitrogen and oxygen atoms in total. The normalized spacial score (nSPS) is 15.8. The van der Waals surface area contributed by atoms with Gasteiger partial charge in [0.2, 0.25) is 0 Å². The first kappa shape index (κ1) is 26.7. The fourth-order valence-corrected chi connectivity index (χ4v) is 8.34. The Balaban J connectivity index is 2.24. The first-order valence-corrected chi connectivity index (χ1v) is 15.3. The lowest BCUT2D eigenvalue weighted by molar-refractivity contribution is -0.462. The van der Waals surface area contributed by atoms with Crippen LogP contribution in [-0.4, -0.2) is 57.6 Å². The summed E-state index contributed by atoms with van der Waals surface area (Å²) in [6.07, 6.45) is 6.11. The van der Waals surface area contributed by atoms with Crippen LogP contribution in [0.5, 0.6) is 0 Å². The summed E-state index contributed by atoms with van der Waals surface area (Å²) in [4.78, 5) is 14.3. The van der Waals surface area contributed by atoms with Crippen LogP contribution in [0.1, 0.15) is 40.4 Å². The van der Waals surface area contributed by atoms with Gasteiger partial charge in [0.05, 0.1) is 0 Å². The number of carboxylic acid groups (broad SMARTS) is 1. The number of hydrogen-bond acceptors (Lipinski definition) is 2. The minimum Gasteiger partial charge on any atom is -0.478 e. The van der Waals surface area contributed by atoms with E-state index in [0.717, 1.165) is 21.8 Å². The van der Waals surface area contributed by atoms with Crippen molar-refractivity contribution in [2.24, 2.45) is 0 Å². The Hall–Kier alpha value is -3.39. The maximum Gasteiger partial charge on any atom is 0.339 e. The quantitative estimate of drug-likeness (QED) is 0.327. The van der Waals surface area contributed by atoms with Crippen molar-refractivity contribution < 1.29 is 27.6 Å². The molecule has 0 spiro atoms. The Morgan fingerprint density at radius 3 is 2.30 bits per heavy atom. The highest BCUT2D eigenvalue weighted by Crippen LogP contribution is 2.44. The van der Waals surface area contributed by atoms with E-state index in [1.807, 2.05) is 62.0 Å². The van der Waals surface area contributed by atoms with Crippen molar-refractivity contribution in [3.05, 3.63) is 86.9 Å². The molecular weight excluding hydrogens is 493 g/mol. The molecule has 194 valence electrons. The summed E-state index contributed by atoms with van der Waals surface area (Å²) in [5.74, 6) is -5.68. The van der Waals surface area contributed by atoms with Gasteiger partial charge in [-0.2, -0.15) is 0 Å². The zero-order chi connectivity index (χ0) is 27.4. The number of allylic oxidation sites excluding steroid dienone is 5. The topological polar surface area (TPSA) is 43.5 Å². The summed E-state index contributed by atoms with van der Waals surface area (Å²) in [7, 11) is 5.32. The third kappa shape index (κ3) is 4.17. The van der Waals surface area contributed by atoms with Gasteiger partial charge in [-0.1, -0.05) is 32.5 Å². The second-order valence-electron chi connectivity index (χ2n) is 10.5. The van der Waals surface area contributed by atoms with Gasteiger partial charge in [-0.05, 0) is 51.7 Å². The van der Waals surface area contributed by atoms with E-state index in [4.69, 9.17) is 0 Å². The maximum absolute atomic E-state index is 16.2. The van der Waals surface area contributed by atoms with Crippen molar-refractivity contribution in [2.45, 2.75) is 32.9 Å². The van der Waals surface area contributed by atoms with Gasteiger partial charge in [-0.25, -0.2) is 22.5 Å². The fourth-order valence-electron chi connectivity index (χ4n) is 5.26. The van der Waals surface area contributed by atoms with Crippen LogP contribution < -0.4 is 10.1 Å². The minimum atomic E-state index is -2.39. The van der Waals surface area contributed by atoms with Crippen molar-refractivity contribution in [1.82, 2.24) is 0 Å². The molecule has 0 aromatic heterocycles. The number of anilines is 1. The highest BCUT2D eigenvalue weighted by Gasteiger charge is 2.43. The predicted molar refractivity (Wildman–Crippen MR) is 146 cm³/mol. The standard InChI is InChI=1S/C29H31F3N2O2Si/c1-8-9-20-26(30)24(25(29(35)36)28(32)27(20)31)23-18-12-10-16(33(2)3)14-21(18)37(6,7)22-15-17(34(4)5)11-13-19(22)23/h10-15H,8-9H2,1-7H3/p+1. The molecule has 0 fully saturated rings. The summed E-state index contributed by atoms with van der Waals surface area (Å²) >= 11 is 0. The zero-order valence-corrected chi connectivity index (χ0v) is 23.3. The van der Waals surface area contributed by atoms with Gasteiger partial charge in [0.25, 0.3) is 0 Å². The monoisotopic (exact) mass is 525 g/mol. The summed E-state index contributed by atoms with van der Waals surface area (Å²) in [6.45, 7) is 6.13. The summed E-state index contributed by atoms with van der Waals surface area (Å²) in [5, 5.41) is 12.0. The van der Waals surface area contributed by atoms with E-state index in [9.17, 15) is 14.3 Å². The van der Waals surface area contributed by atoms with Gasteiger partial charge in [0.15, 0.2) is 17.3 Å². The number of carboxylic acids is 1. The molecule has 2 aromatic carbocycles. The van der Waals surface area contributed by atoms with Gasteiger partial charge in [0.1, 0.15) is 33.5 Å². The van der Waals surface area contributed by atoms with E-state index in [1.54, 1.807) is 6.92 Å². The Labute approximate surface area is 216 Å². The molecule has 0 saturated heterocycles. The second-order valence-corrected chi connectivity index (χ2v) is 14.8. The Bertz CT molecular complexity index is 1460. The minimum absolute atomic E-state index is 0.0478. The lowest BCUT2D eigenvalue weighted by Crippen LogP contribution is -2.50. The molecule has 8 heteroatoms. The molecule has 1 aliphatic heterocycles. The van der Waals surface area contributed by atoms with Crippen LogP contribution in [0.25, 0.3) is 5.57 Å². The SMILES string of the molecule is CCCc1c(F)c(F)c(C(=O)O)c(C2=C3C=CC(=[N+](C)C)C=C3[Si](C)(C)c3cc(N(C)C)ccc32)c1F. The summed E-state index contributed by atoms with van der Waals surface area (Å²) in [6, 6.07) is 5.79. The number of carbonyl (C=O) groups is 1. The molecule has 2 aromatic rings. The number of rotatable bonds is 5. The molecular formula is C29H32F3N2O2Si+. The van der Waals surface area contributed by atoms with Crippen molar-refractivity contribution in [3.63, 3.8) is 0 Å². The highest BCUT2D eigenvalue weighted by molar-refractivity contribution is 6.98. The van der Waals surface area contributed by atoms with Crippen LogP contribution >= 0.6 is 0 Å². The van der Waals surface area contributed by atoms with Crippen molar-refractivity contribution in [1.29, 1.82) is 0 Å². The van der Waals surface area contributed by atoms with E-state index in [1.165, 1.54) is 0 Å². The molecule has 1 aliphatic carbocycles. The molecule has 37 heavy (non-hydrogen) atoms. The lowest BCUT2D eigenvalue weighted by atomic mass is 9.85. The van der Waals surface area contributed by atoms with Crippen LogP contribution in [-0.2, 0) is 6.42 Å². The molecule has 0 atom stereocenters. The Morgan fingerprint density at radius 2 is 1.73 bits per heavy atom. The molecule has 0 radical (unpaired) electrons. The average Bonchev–Trinajstić information content (AvgIpc) is 2.84. The van der Waals surface area contributed by atoms with Gasteiger partial charge in [0, 0.05) is 43.1 Å². The predicted octanol–water partition coefficient (Wildman–Crippen LogP) is 5.30. The molecule has 4 rings (SSSR count). The molecule has 0 bridgehead atoms. The number of fused-ring (bicyclic) bond motifs is 2. The maximum atomic E-state index is 16.2. The zero-order valence-electron chi connectivity index (χ0n) is 22.3. The van der Waals surface area contributed by atoms with Crippen LogP contribution in [0.3, 0.4) is 0 Å². The van der Waals surface area contributed by atoms with E-state index in [0.29, 0.717) is 23.1 Å². The molecule has 0 unspecified atom stereocenters. The van der Waals surface area contributed by atoms with Crippen molar-refractivity contribution >= 4 is 36.2 Å². The van der Waals surface area contributed by atoms with Crippen molar-refractivity contribution in [3.8, 4) is 0 Å². The summed E-state index contributed by atoms with van der Waals surface area (Å²) < 4.78 is 48.4. The fraction of sp³-hybridized carbons (Fsp3) is 0.310. The number of halogens is 3. The Morgan fingerprint density at radius 1 is 1.05 bits per heavy atom. The number of nitrogens with zero attached hydrogens (tertiary/aromatic N) is 2. The second kappa shape index (κ2) is 9.48. The summed E-state index contributed by atoms with van der Waals surface area (Å²) in [5.41, 5.74) is 1.70. The Kier molecular flexibility index (Phi) is 6.83. The third-order valence-electron chi connectivity index (χ3n) is 7.30. The van der Waals surface area contributed by atoms with Crippen molar-refractivity contribution in [2.75, 3.05) is 33.1 Å². The van der Waals surface area contributed by atoms with Crippen LogP contribution in [0.4, 0.5) is 18.9 Å². The molecule has 1 heterocycles. The number of benzene rings is 2. The van der Waals surface area contributed by atoms with Crippen LogP contribution in [0.2, 0.25) is 13.1 Å². The highest BCUT2D eigenvalue weighted by atomic mass is 28.3. The molecule has 0 saturated carbocycles. The number of hydrogen-bond donors (Lipinski definition) is 1. The molecule has 1 N–H and O–H groups in total. The van der Waals surface area contributed by atoms with E-state index < -0.39 is 48.2 Å². The number of aromatic carboxylic acids is 1. The lowest BCUT2D eigenvalue weighted by Gasteiger charge is -2.38. The first-order chi connectivity index (χ1) is 17.3. The smallest absolute Gasteiger partial charge is 0.339 e. The van der Waals surface area contributed by atoms with E-state index >= 15 is 8.78 Å². The van der Waals surface area contributed by atoms with Gasteiger partial charge < -0.3 is 10.0 Å². The van der Waals surface area contributed by atoms with Gasteiger partial charge in [-0.3, -0.25) is 0 Å².